The van der Waals surface area contributed by atoms with E-state index in [1.54, 1.807) is 0 Å². The van der Waals surface area contributed by atoms with E-state index in [2.05, 4.69) is 74.6 Å². The van der Waals surface area contributed by atoms with Gasteiger partial charge in [-0.2, -0.15) is 0 Å². The number of unbranched alkanes of at least 4 members (excludes halogenated alkanes) is 19. The smallest absolute Gasteiger partial charge is 0.457 e. The predicted molar refractivity (Wildman–Crippen MR) is 233 cm³/mol. The first kappa shape index (κ1) is 53.2. The highest BCUT2D eigenvalue weighted by Gasteiger charge is 2.25. The topological polar surface area (TPSA) is 117 Å². The lowest BCUT2D eigenvalue weighted by Gasteiger charge is -2.20. The number of phosphoric ester groups is 1. The normalized spacial score (nSPS) is 14.0. The van der Waals surface area contributed by atoms with Crippen molar-refractivity contribution in [2.24, 2.45) is 5.73 Å². The van der Waals surface area contributed by atoms with Gasteiger partial charge in [0.25, 0.3) is 0 Å². The largest absolute Gasteiger partial charge is 0.472 e. The standard InChI is InChI=1S/C46H84NO7P/c1-3-5-7-9-11-13-15-17-19-20-21-22-23-24-25-26-28-30-32-34-36-38-41-51-43-45(44-53-55(49,50)52-42-40-47)54-46(48)39-37-35-33-31-29-27-18-16-14-12-10-8-6-4-2/h5,7,11,13,17,19,21-22,24-25,45H,3-4,6,8-10,12,14-16,18,20,23,26-44,47H2,1-2H3,(H,49,50)/b7-5-,13-11-,19-17-,22-21-,25-24-. The number of allylic oxidation sites excluding steroid dienone is 10. The summed E-state index contributed by atoms with van der Waals surface area (Å²) in [4.78, 5) is 22.5. The molecule has 0 aliphatic rings. The maximum atomic E-state index is 12.6. The van der Waals surface area contributed by atoms with Crippen LogP contribution in [-0.4, -0.2) is 49.9 Å². The lowest BCUT2D eigenvalue weighted by atomic mass is 10.0. The molecule has 0 saturated heterocycles. The molecule has 0 radical (unpaired) electrons. The van der Waals surface area contributed by atoms with Gasteiger partial charge in [-0.25, -0.2) is 4.57 Å². The third kappa shape index (κ3) is 43.2. The van der Waals surface area contributed by atoms with Gasteiger partial charge in [-0.05, 0) is 57.8 Å². The summed E-state index contributed by atoms with van der Waals surface area (Å²) in [7, 11) is -4.28. The second kappa shape index (κ2) is 43.3. The molecule has 0 aliphatic carbocycles. The van der Waals surface area contributed by atoms with E-state index in [4.69, 9.17) is 24.3 Å². The predicted octanol–water partition coefficient (Wildman–Crippen LogP) is 13.4. The zero-order valence-electron chi connectivity index (χ0n) is 35.4. The fourth-order valence-electron chi connectivity index (χ4n) is 5.96. The van der Waals surface area contributed by atoms with Crippen LogP contribution in [0, 0.1) is 0 Å². The molecule has 0 saturated carbocycles. The van der Waals surface area contributed by atoms with Gasteiger partial charge in [0, 0.05) is 19.6 Å². The molecule has 0 aliphatic heterocycles. The van der Waals surface area contributed by atoms with Gasteiger partial charge in [0.15, 0.2) is 0 Å². The van der Waals surface area contributed by atoms with Gasteiger partial charge in [-0.15, -0.1) is 0 Å². The van der Waals surface area contributed by atoms with Crippen LogP contribution in [0.3, 0.4) is 0 Å². The number of carbonyl (C=O) groups excluding carboxylic acids is 1. The van der Waals surface area contributed by atoms with Gasteiger partial charge < -0.3 is 20.1 Å². The third-order valence-electron chi connectivity index (χ3n) is 9.20. The summed E-state index contributed by atoms with van der Waals surface area (Å²) in [6.45, 7) is 4.78. The van der Waals surface area contributed by atoms with E-state index in [-0.39, 0.29) is 32.3 Å². The lowest BCUT2D eigenvalue weighted by molar-refractivity contribution is -0.154. The Morgan fingerprint density at radius 3 is 1.53 bits per heavy atom. The van der Waals surface area contributed by atoms with Crippen molar-refractivity contribution < 1.29 is 32.8 Å². The average Bonchev–Trinajstić information content (AvgIpc) is 3.17. The Labute approximate surface area is 338 Å². The van der Waals surface area contributed by atoms with Crippen LogP contribution in [0.15, 0.2) is 60.8 Å². The zero-order chi connectivity index (χ0) is 40.2. The summed E-state index contributed by atoms with van der Waals surface area (Å²) in [5, 5.41) is 0. The third-order valence-corrected chi connectivity index (χ3v) is 10.2. The van der Waals surface area contributed by atoms with Crippen molar-refractivity contribution in [3.63, 3.8) is 0 Å². The van der Waals surface area contributed by atoms with Crippen LogP contribution in [0.25, 0.3) is 0 Å². The van der Waals surface area contributed by atoms with Gasteiger partial charge >= 0.3 is 13.8 Å². The zero-order valence-corrected chi connectivity index (χ0v) is 36.3. The highest BCUT2D eigenvalue weighted by atomic mass is 31.2. The minimum Gasteiger partial charge on any atom is -0.457 e. The maximum absolute atomic E-state index is 12.6. The van der Waals surface area contributed by atoms with Gasteiger partial charge in [0.2, 0.25) is 0 Å². The average molecular weight is 794 g/mol. The highest BCUT2D eigenvalue weighted by molar-refractivity contribution is 7.47. The minimum absolute atomic E-state index is 0.0962. The fourth-order valence-corrected chi connectivity index (χ4v) is 6.73. The van der Waals surface area contributed by atoms with Crippen molar-refractivity contribution in [2.45, 2.75) is 193 Å². The first-order valence-electron chi connectivity index (χ1n) is 22.3. The monoisotopic (exact) mass is 794 g/mol. The number of hydrogen-bond acceptors (Lipinski definition) is 7. The quantitative estimate of drug-likeness (QED) is 0.0271. The molecule has 3 N–H and O–H groups in total. The van der Waals surface area contributed by atoms with E-state index in [9.17, 15) is 14.3 Å². The van der Waals surface area contributed by atoms with Gasteiger partial charge in [0.1, 0.15) is 6.10 Å². The van der Waals surface area contributed by atoms with Crippen molar-refractivity contribution in [1.29, 1.82) is 0 Å². The van der Waals surface area contributed by atoms with Crippen LogP contribution in [0.5, 0.6) is 0 Å². The SMILES string of the molecule is CC/C=C\C/C=C\C/C=C\C/C=C\C/C=C\CCCCCCCCOCC(COP(=O)(O)OCCN)OC(=O)CCCCCCCCCCCCCCCC. The van der Waals surface area contributed by atoms with Crippen LogP contribution in [0.4, 0.5) is 0 Å². The Bertz CT molecular complexity index is 1030. The minimum atomic E-state index is -4.28. The summed E-state index contributed by atoms with van der Waals surface area (Å²) in [6, 6.07) is 0. The summed E-state index contributed by atoms with van der Waals surface area (Å²) >= 11 is 0. The lowest BCUT2D eigenvalue weighted by Crippen LogP contribution is -2.28. The molecule has 0 aromatic heterocycles. The van der Waals surface area contributed by atoms with Gasteiger partial charge in [-0.3, -0.25) is 13.8 Å². The van der Waals surface area contributed by atoms with E-state index in [0.29, 0.717) is 13.0 Å². The Morgan fingerprint density at radius 1 is 0.564 bits per heavy atom. The Balaban J connectivity index is 4.04. The Kier molecular flexibility index (Phi) is 41.9. The molecule has 0 rings (SSSR count). The number of ether oxygens (including phenoxy) is 2. The Hall–Kier alpha value is -1.80. The molecular weight excluding hydrogens is 709 g/mol. The van der Waals surface area contributed by atoms with Crippen LogP contribution < -0.4 is 5.73 Å². The molecule has 320 valence electrons. The first-order chi connectivity index (χ1) is 26.9. The van der Waals surface area contributed by atoms with Gasteiger partial charge in [0.05, 0.1) is 19.8 Å². The second-order valence-electron chi connectivity index (χ2n) is 14.5. The molecule has 8 nitrogen and oxygen atoms in total. The molecule has 0 heterocycles. The van der Waals surface area contributed by atoms with Crippen LogP contribution >= 0.6 is 7.82 Å². The summed E-state index contributed by atoms with van der Waals surface area (Å²) in [5.74, 6) is -0.337. The maximum Gasteiger partial charge on any atom is 0.472 e. The molecule has 9 heteroatoms. The summed E-state index contributed by atoms with van der Waals surface area (Å²) < 4.78 is 33.4. The first-order valence-corrected chi connectivity index (χ1v) is 23.8. The van der Waals surface area contributed by atoms with E-state index >= 15 is 0 Å². The number of esters is 1. The molecule has 0 spiro atoms. The van der Waals surface area contributed by atoms with Gasteiger partial charge in [-0.1, -0.05) is 184 Å². The molecule has 2 atom stereocenters. The number of hydrogen-bond donors (Lipinski definition) is 2. The molecule has 0 aromatic rings. The molecule has 0 amide bonds. The molecule has 0 fully saturated rings. The second-order valence-corrected chi connectivity index (χ2v) is 16.0. The number of rotatable bonds is 42. The molecule has 0 aromatic carbocycles. The van der Waals surface area contributed by atoms with E-state index in [1.807, 2.05) is 0 Å². The van der Waals surface area contributed by atoms with Crippen molar-refractivity contribution in [3.05, 3.63) is 60.8 Å². The Morgan fingerprint density at radius 2 is 1.02 bits per heavy atom. The number of phosphoric acid groups is 1. The van der Waals surface area contributed by atoms with E-state index < -0.39 is 13.9 Å². The summed E-state index contributed by atoms with van der Waals surface area (Å²) in [6.07, 6.45) is 52.4. The number of carbonyl (C=O) groups is 1. The molecule has 2 unspecified atom stereocenters. The van der Waals surface area contributed by atoms with E-state index in [0.717, 1.165) is 77.0 Å². The van der Waals surface area contributed by atoms with Crippen molar-refractivity contribution in [1.82, 2.24) is 0 Å². The van der Waals surface area contributed by atoms with E-state index in [1.165, 1.54) is 89.9 Å². The fraction of sp³-hybridized carbons (Fsp3) is 0.761. The van der Waals surface area contributed by atoms with Crippen LogP contribution in [0.2, 0.25) is 0 Å². The van der Waals surface area contributed by atoms with Crippen LogP contribution in [0.1, 0.15) is 187 Å². The molecular formula is C46H84NO7P. The number of nitrogens with two attached hydrogens (primary N) is 1. The van der Waals surface area contributed by atoms with Crippen LogP contribution in [-0.2, 0) is 27.9 Å². The van der Waals surface area contributed by atoms with Crippen molar-refractivity contribution in [2.75, 3.05) is 33.0 Å². The van der Waals surface area contributed by atoms with Crippen molar-refractivity contribution in [3.8, 4) is 0 Å². The molecule has 0 bridgehead atoms. The van der Waals surface area contributed by atoms with Crippen molar-refractivity contribution >= 4 is 13.8 Å². The molecule has 55 heavy (non-hydrogen) atoms. The highest BCUT2D eigenvalue weighted by Crippen LogP contribution is 2.43. The summed E-state index contributed by atoms with van der Waals surface area (Å²) in [5.41, 5.74) is 5.37.